The summed E-state index contributed by atoms with van der Waals surface area (Å²) in [5, 5.41) is 22.3. The van der Waals surface area contributed by atoms with Crippen molar-refractivity contribution < 1.29 is 19.6 Å². The zero-order valence-corrected chi connectivity index (χ0v) is 10.7. The lowest BCUT2D eigenvalue weighted by Gasteiger charge is -2.28. The van der Waals surface area contributed by atoms with Crippen molar-refractivity contribution in [2.75, 3.05) is 0 Å². The second-order valence-electron chi connectivity index (χ2n) is 4.82. The summed E-state index contributed by atoms with van der Waals surface area (Å²) in [5.41, 5.74) is 0.0615. The molecule has 108 valence electrons. The molecular weight excluding hydrogens is 266 g/mol. The van der Waals surface area contributed by atoms with Crippen LogP contribution in [0.25, 0.3) is 0 Å². The van der Waals surface area contributed by atoms with Gasteiger partial charge in [-0.3, -0.25) is 9.59 Å². The molecule has 0 radical (unpaired) electrons. The highest BCUT2D eigenvalue weighted by molar-refractivity contribution is 5.93. The molecule has 2 atom stereocenters. The Labute approximate surface area is 114 Å². The molecule has 0 spiro atoms. The average Bonchev–Trinajstić information content (AvgIpc) is 2.89. The number of aromatic amines is 1. The van der Waals surface area contributed by atoms with Crippen molar-refractivity contribution in [2.24, 2.45) is 5.92 Å². The maximum absolute atomic E-state index is 12.0. The van der Waals surface area contributed by atoms with E-state index in [1.54, 1.807) is 0 Å². The summed E-state index contributed by atoms with van der Waals surface area (Å²) in [6.07, 6.45) is 2.83. The van der Waals surface area contributed by atoms with Crippen LogP contribution < -0.4 is 5.32 Å². The Morgan fingerprint density at radius 3 is 2.65 bits per heavy atom. The van der Waals surface area contributed by atoms with Gasteiger partial charge in [0.1, 0.15) is 0 Å². The Hall–Kier alpha value is -2.38. The molecule has 1 fully saturated rings. The van der Waals surface area contributed by atoms with E-state index in [9.17, 15) is 19.7 Å². The number of amides is 1. The first-order chi connectivity index (χ1) is 9.49. The molecule has 0 bridgehead atoms. The number of hydrogen-bond donors (Lipinski definition) is 3. The summed E-state index contributed by atoms with van der Waals surface area (Å²) in [5.74, 6) is -2.31. The monoisotopic (exact) mass is 281 g/mol. The number of nitrogens with one attached hydrogen (secondary N) is 2. The zero-order valence-electron chi connectivity index (χ0n) is 10.7. The van der Waals surface area contributed by atoms with Crippen LogP contribution in [0.15, 0.2) is 12.1 Å². The van der Waals surface area contributed by atoms with E-state index in [4.69, 9.17) is 5.11 Å². The molecule has 3 N–H and O–H groups in total. The van der Waals surface area contributed by atoms with Crippen molar-refractivity contribution in [3.05, 3.63) is 27.9 Å². The molecule has 1 aromatic rings. The lowest BCUT2D eigenvalue weighted by molar-refractivity contribution is -0.389. The summed E-state index contributed by atoms with van der Waals surface area (Å²) in [6, 6.07) is 2.08. The molecule has 1 saturated carbocycles. The predicted octanol–water partition coefficient (Wildman–Crippen LogP) is 1.30. The van der Waals surface area contributed by atoms with Gasteiger partial charge in [0.15, 0.2) is 5.69 Å². The number of H-pyrrole nitrogens is 1. The van der Waals surface area contributed by atoms with E-state index in [1.165, 1.54) is 12.1 Å². The number of aliphatic carboxylic acids is 1. The minimum atomic E-state index is -0.924. The normalized spacial score (nSPS) is 22.2. The highest BCUT2D eigenvalue weighted by atomic mass is 16.6. The molecule has 0 aliphatic heterocycles. The van der Waals surface area contributed by atoms with Crippen molar-refractivity contribution in [1.82, 2.24) is 10.3 Å². The van der Waals surface area contributed by atoms with Gasteiger partial charge in [0.25, 0.3) is 5.91 Å². The maximum Gasteiger partial charge on any atom is 0.321 e. The van der Waals surface area contributed by atoms with Crippen molar-refractivity contribution in [1.29, 1.82) is 0 Å². The van der Waals surface area contributed by atoms with Crippen molar-refractivity contribution in [3.63, 3.8) is 0 Å². The van der Waals surface area contributed by atoms with Crippen molar-refractivity contribution in [2.45, 2.75) is 31.7 Å². The van der Waals surface area contributed by atoms with Gasteiger partial charge in [0.2, 0.25) is 0 Å². The van der Waals surface area contributed by atoms with Gasteiger partial charge in [-0.1, -0.05) is 12.8 Å². The van der Waals surface area contributed by atoms with Gasteiger partial charge < -0.3 is 20.5 Å². The molecule has 1 aliphatic rings. The lowest BCUT2D eigenvalue weighted by Crippen LogP contribution is -2.45. The summed E-state index contributed by atoms with van der Waals surface area (Å²) in [7, 11) is 0. The number of rotatable bonds is 4. The summed E-state index contributed by atoms with van der Waals surface area (Å²) in [4.78, 5) is 35.4. The fraction of sp³-hybridized carbons (Fsp3) is 0.500. The smallest absolute Gasteiger partial charge is 0.321 e. The standard InChI is InChI=1S/C12H15N3O5/c16-11(9-5-6-10(13-9)15(19)20)14-8-4-2-1-3-7(8)12(17)18/h5-8,13H,1-4H2,(H,14,16)(H,17,18). The molecule has 2 rings (SSSR count). The minimum Gasteiger partial charge on any atom is -0.481 e. The number of carboxylic acids is 1. The Morgan fingerprint density at radius 1 is 1.35 bits per heavy atom. The third kappa shape index (κ3) is 2.95. The number of nitrogens with zero attached hydrogens (tertiary/aromatic N) is 1. The van der Waals surface area contributed by atoms with Crippen LogP contribution in [0.2, 0.25) is 0 Å². The molecule has 2 unspecified atom stereocenters. The molecule has 8 nitrogen and oxygen atoms in total. The number of carboxylic acid groups (broad SMARTS) is 1. The van der Waals surface area contributed by atoms with Crippen LogP contribution in [0, 0.1) is 16.0 Å². The molecule has 1 aliphatic carbocycles. The molecule has 1 aromatic heterocycles. The number of hydrogen-bond acceptors (Lipinski definition) is 4. The van der Waals surface area contributed by atoms with Gasteiger partial charge in [-0.05, 0) is 23.8 Å². The van der Waals surface area contributed by atoms with Crippen LogP contribution in [0.5, 0.6) is 0 Å². The Kier molecular flexibility index (Phi) is 4.02. The first-order valence-electron chi connectivity index (χ1n) is 6.36. The summed E-state index contributed by atoms with van der Waals surface area (Å²) < 4.78 is 0. The lowest BCUT2D eigenvalue weighted by atomic mass is 9.84. The van der Waals surface area contributed by atoms with Gasteiger partial charge in [0.05, 0.1) is 5.92 Å². The second-order valence-corrected chi connectivity index (χ2v) is 4.82. The highest BCUT2D eigenvalue weighted by Gasteiger charge is 2.32. The van der Waals surface area contributed by atoms with Crippen LogP contribution >= 0.6 is 0 Å². The van der Waals surface area contributed by atoms with E-state index in [0.717, 1.165) is 12.8 Å². The van der Waals surface area contributed by atoms with Gasteiger partial charge >= 0.3 is 11.8 Å². The first-order valence-corrected chi connectivity index (χ1v) is 6.36. The quantitative estimate of drug-likeness (QED) is 0.566. The van der Waals surface area contributed by atoms with Crippen molar-refractivity contribution in [3.8, 4) is 0 Å². The summed E-state index contributed by atoms with van der Waals surface area (Å²) in [6.45, 7) is 0. The molecule has 0 saturated heterocycles. The van der Waals surface area contributed by atoms with E-state index in [1.807, 2.05) is 0 Å². The van der Waals surface area contributed by atoms with E-state index in [-0.39, 0.29) is 11.5 Å². The number of aromatic nitrogens is 1. The van der Waals surface area contributed by atoms with Crippen LogP contribution in [-0.4, -0.2) is 32.9 Å². The van der Waals surface area contributed by atoms with Crippen molar-refractivity contribution >= 4 is 17.7 Å². The molecular formula is C12H15N3O5. The zero-order chi connectivity index (χ0) is 14.7. The Morgan fingerprint density at radius 2 is 2.05 bits per heavy atom. The van der Waals surface area contributed by atoms with Crippen LogP contribution in [-0.2, 0) is 4.79 Å². The molecule has 0 aromatic carbocycles. The van der Waals surface area contributed by atoms with Gasteiger partial charge in [-0.2, -0.15) is 0 Å². The van der Waals surface area contributed by atoms with Crippen LogP contribution in [0.3, 0.4) is 0 Å². The van der Waals surface area contributed by atoms with Gasteiger partial charge in [-0.25, -0.2) is 4.98 Å². The average molecular weight is 281 g/mol. The number of nitro groups is 1. The molecule has 1 heterocycles. The summed E-state index contributed by atoms with van der Waals surface area (Å²) >= 11 is 0. The third-order valence-electron chi connectivity index (χ3n) is 3.51. The molecule has 20 heavy (non-hydrogen) atoms. The third-order valence-corrected chi connectivity index (χ3v) is 3.51. The fourth-order valence-electron chi connectivity index (χ4n) is 2.47. The molecule has 8 heteroatoms. The van der Waals surface area contributed by atoms with E-state index >= 15 is 0 Å². The minimum absolute atomic E-state index is 0.0615. The maximum atomic E-state index is 12.0. The number of carbonyl (C=O) groups is 2. The van der Waals surface area contributed by atoms with Crippen LogP contribution in [0.4, 0.5) is 5.82 Å². The molecule has 1 amide bonds. The first kappa shape index (κ1) is 14.0. The van der Waals surface area contributed by atoms with E-state index < -0.39 is 28.8 Å². The topological polar surface area (TPSA) is 125 Å². The Balaban J connectivity index is 2.05. The SMILES string of the molecule is O=C(NC1CCCCC1C(=O)O)c1ccc([N+](=O)[O-])[nH]1. The van der Waals surface area contributed by atoms with E-state index in [2.05, 4.69) is 10.3 Å². The largest absolute Gasteiger partial charge is 0.481 e. The van der Waals surface area contributed by atoms with E-state index in [0.29, 0.717) is 12.8 Å². The second kappa shape index (κ2) is 5.72. The van der Waals surface area contributed by atoms with Gasteiger partial charge in [-0.15, -0.1) is 0 Å². The fourth-order valence-corrected chi connectivity index (χ4v) is 2.47. The predicted molar refractivity (Wildman–Crippen MR) is 68.3 cm³/mol. The van der Waals surface area contributed by atoms with Gasteiger partial charge in [0, 0.05) is 12.1 Å². The highest BCUT2D eigenvalue weighted by Crippen LogP contribution is 2.25. The van der Waals surface area contributed by atoms with Crippen LogP contribution in [0.1, 0.15) is 36.2 Å². The number of carbonyl (C=O) groups excluding carboxylic acids is 1. The Bertz CT molecular complexity index is 539.